The van der Waals surface area contributed by atoms with Gasteiger partial charge < -0.3 is 22.1 Å². The Labute approximate surface area is 181 Å². The summed E-state index contributed by atoms with van der Waals surface area (Å²) in [7, 11) is -3.78. The smallest absolute Gasteiger partial charge is 0.206 e. The lowest BCUT2D eigenvalue weighted by atomic mass is 10.2. The molecule has 0 radical (unpaired) electrons. The number of para-hydroxylation sites is 2. The number of benzene rings is 4. The highest BCUT2D eigenvalue weighted by atomic mass is 32.2. The first-order chi connectivity index (χ1) is 14.9. The molecule has 0 saturated heterocycles. The van der Waals surface area contributed by atoms with Crippen molar-refractivity contribution >= 4 is 44.0 Å². The number of hydrogen-bond donors (Lipinski definition) is 4. The van der Waals surface area contributed by atoms with E-state index in [4.69, 9.17) is 11.5 Å². The second kappa shape index (κ2) is 8.41. The maximum absolute atomic E-state index is 13.1. The van der Waals surface area contributed by atoms with Crippen LogP contribution in [0.5, 0.6) is 0 Å². The van der Waals surface area contributed by atoms with E-state index in [-0.39, 0.29) is 9.79 Å². The van der Waals surface area contributed by atoms with Crippen molar-refractivity contribution in [2.75, 3.05) is 22.1 Å². The van der Waals surface area contributed by atoms with Crippen LogP contribution in [0.15, 0.2) is 107 Å². The van der Waals surface area contributed by atoms with Crippen molar-refractivity contribution < 1.29 is 8.42 Å². The molecule has 0 spiro atoms. The topological polar surface area (TPSA) is 110 Å². The Hall–Kier alpha value is -3.97. The molecular weight excluding hydrogens is 408 g/mol. The predicted octanol–water partition coefficient (Wildman–Crippen LogP) is 5.17. The molecular formula is C24H22N4O2S. The van der Waals surface area contributed by atoms with Crippen LogP contribution in [-0.2, 0) is 9.84 Å². The zero-order valence-electron chi connectivity index (χ0n) is 16.6. The van der Waals surface area contributed by atoms with Gasteiger partial charge in [-0.15, -0.1) is 0 Å². The Morgan fingerprint density at radius 3 is 1.29 bits per heavy atom. The van der Waals surface area contributed by atoms with Crippen LogP contribution in [0.3, 0.4) is 0 Å². The quantitative estimate of drug-likeness (QED) is 0.314. The van der Waals surface area contributed by atoms with Crippen molar-refractivity contribution in [3.05, 3.63) is 97.1 Å². The fourth-order valence-electron chi connectivity index (χ4n) is 3.13. The zero-order valence-corrected chi connectivity index (χ0v) is 17.4. The molecule has 6 nitrogen and oxygen atoms in total. The van der Waals surface area contributed by atoms with Crippen molar-refractivity contribution in [1.82, 2.24) is 0 Å². The average molecular weight is 431 g/mol. The maximum atomic E-state index is 13.1. The molecule has 0 aromatic heterocycles. The highest BCUT2D eigenvalue weighted by Crippen LogP contribution is 2.32. The van der Waals surface area contributed by atoms with Gasteiger partial charge in [-0.1, -0.05) is 36.4 Å². The Bertz CT molecular complexity index is 1210. The Balaban J connectivity index is 1.59. The molecule has 4 aromatic rings. The van der Waals surface area contributed by atoms with Gasteiger partial charge in [0, 0.05) is 11.4 Å². The fraction of sp³-hybridized carbons (Fsp3) is 0. The Morgan fingerprint density at radius 2 is 0.935 bits per heavy atom. The summed E-state index contributed by atoms with van der Waals surface area (Å²) in [6, 6.07) is 28.3. The minimum absolute atomic E-state index is 0.104. The van der Waals surface area contributed by atoms with Crippen LogP contribution in [0.1, 0.15) is 0 Å². The molecule has 0 unspecified atom stereocenters. The summed E-state index contributed by atoms with van der Waals surface area (Å²) in [4.78, 5) is 0.207. The molecule has 0 bridgehead atoms. The molecule has 0 heterocycles. The van der Waals surface area contributed by atoms with E-state index in [1.54, 1.807) is 12.1 Å². The van der Waals surface area contributed by atoms with Crippen LogP contribution in [0, 0.1) is 0 Å². The van der Waals surface area contributed by atoms with E-state index in [9.17, 15) is 8.42 Å². The zero-order chi connectivity index (χ0) is 21.8. The molecule has 0 saturated carbocycles. The van der Waals surface area contributed by atoms with E-state index in [0.29, 0.717) is 22.7 Å². The molecule has 0 fully saturated rings. The SMILES string of the molecule is Nc1cc(S(=O)(=O)c2ccc(Nc3ccccc3)c(N)c2)ccc1Nc1ccccc1. The van der Waals surface area contributed by atoms with E-state index in [1.807, 2.05) is 60.7 Å². The third kappa shape index (κ3) is 4.46. The third-order valence-corrected chi connectivity index (χ3v) is 6.52. The summed E-state index contributed by atoms with van der Waals surface area (Å²) in [5.74, 6) is 0. The van der Waals surface area contributed by atoms with Crippen LogP contribution in [-0.4, -0.2) is 8.42 Å². The van der Waals surface area contributed by atoms with Crippen molar-refractivity contribution in [2.24, 2.45) is 0 Å². The number of anilines is 6. The standard InChI is InChI=1S/C24H22N4O2S/c25-21-15-19(11-13-23(21)27-17-7-3-1-4-8-17)31(29,30)20-12-14-24(22(26)16-20)28-18-9-5-2-6-10-18/h1-16,27-28H,25-26H2. The van der Waals surface area contributed by atoms with E-state index in [1.165, 1.54) is 24.3 Å². The molecule has 156 valence electrons. The van der Waals surface area contributed by atoms with Crippen LogP contribution in [0.4, 0.5) is 34.1 Å². The molecule has 7 heteroatoms. The molecule has 0 atom stereocenters. The number of sulfone groups is 1. The van der Waals surface area contributed by atoms with Gasteiger partial charge in [0.1, 0.15) is 0 Å². The molecule has 4 aromatic carbocycles. The average Bonchev–Trinajstić information content (AvgIpc) is 2.78. The predicted molar refractivity (Wildman–Crippen MR) is 127 cm³/mol. The molecule has 6 N–H and O–H groups in total. The van der Waals surface area contributed by atoms with Crippen molar-refractivity contribution in [2.45, 2.75) is 9.79 Å². The molecule has 4 rings (SSSR count). The minimum atomic E-state index is -3.78. The highest BCUT2D eigenvalue weighted by molar-refractivity contribution is 7.91. The van der Waals surface area contributed by atoms with Crippen molar-refractivity contribution in [3.8, 4) is 0 Å². The van der Waals surface area contributed by atoms with E-state index in [2.05, 4.69) is 10.6 Å². The summed E-state index contributed by atoms with van der Waals surface area (Å²) in [5.41, 5.74) is 15.9. The van der Waals surface area contributed by atoms with Gasteiger partial charge >= 0.3 is 0 Å². The highest BCUT2D eigenvalue weighted by Gasteiger charge is 2.20. The lowest BCUT2D eigenvalue weighted by Crippen LogP contribution is -2.06. The van der Waals surface area contributed by atoms with Crippen LogP contribution >= 0.6 is 0 Å². The summed E-state index contributed by atoms with van der Waals surface area (Å²) in [6.45, 7) is 0. The first-order valence-corrected chi connectivity index (χ1v) is 11.1. The van der Waals surface area contributed by atoms with E-state index in [0.717, 1.165) is 11.4 Å². The van der Waals surface area contributed by atoms with Gasteiger partial charge in [0.25, 0.3) is 0 Å². The Kier molecular flexibility index (Phi) is 5.51. The lowest BCUT2D eigenvalue weighted by molar-refractivity contribution is 0.596. The minimum Gasteiger partial charge on any atom is -0.397 e. The molecule has 0 aliphatic carbocycles. The van der Waals surface area contributed by atoms with Gasteiger partial charge in [0.15, 0.2) is 0 Å². The molecule has 0 aliphatic heterocycles. The van der Waals surface area contributed by atoms with Gasteiger partial charge in [0.2, 0.25) is 9.84 Å². The molecule has 0 amide bonds. The summed E-state index contributed by atoms with van der Waals surface area (Å²) in [5, 5.41) is 6.36. The van der Waals surface area contributed by atoms with Crippen LogP contribution in [0.25, 0.3) is 0 Å². The maximum Gasteiger partial charge on any atom is 0.206 e. The second-order valence-electron chi connectivity index (χ2n) is 6.98. The summed E-state index contributed by atoms with van der Waals surface area (Å²) >= 11 is 0. The number of rotatable bonds is 6. The second-order valence-corrected chi connectivity index (χ2v) is 8.93. The fourth-order valence-corrected chi connectivity index (χ4v) is 4.46. The van der Waals surface area contributed by atoms with Gasteiger partial charge in [-0.25, -0.2) is 8.42 Å². The van der Waals surface area contributed by atoms with Gasteiger partial charge in [-0.3, -0.25) is 0 Å². The van der Waals surface area contributed by atoms with Crippen molar-refractivity contribution in [3.63, 3.8) is 0 Å². The lowest BCUT2D eigenvalue weighted by Gasteiger charge is -2.13. The first kappa shape index (κ1) is 20.3. The number of hydrogen-bond acceptors (Lipinski definition) is 6. The Morgan fingerprint density at radius 1 is 0.548 bits per heavy atom. The van der Waals surface area contributed by atoms with Crippen LogP contribution < -0.4 is 22.1 Å². The summed E-state index contributed by atoms with van der Waals surface area (Å²) in [6.07, 6.45) is 0. The monoisotopic (exact) mass is 430 g/mol. The van der Waals surface area contributed by atoms with Crippen molar-refractivity contribution in [1.29, 1.82) is 0 Å². The third-order valence-electron chi connectivity index (χ3n) is 4.77. The van der Waals surface area contributed by atoms with Crippen LogP contribution in [0.2, 0.25) is 0 Å². The molecule has 31 heavy (non-hydrogen) atoms. The molecule has 0 aliphatic rings. The van der Waals surface area contributed by atoms with Gasteiger partial charge in [-0.05, 0) is 60.7 Å². The van der Waals surface area contributed by atoms with E-state index >= 15 is 0 Å². The van der Waals surface area contributed by atoms with Gasteiger partial charge in [0.05, 0.1) is 32.5 Å². The van der Waals surface area contributed by atoms with E-state index < -0.39 is 9.84 Å². The van der Waals surface area contributed by atoms with Gasteiger partial charge in [-0.2, -0.15) is 0 Å². The number of nitrogens with one attached hydrogen (secondary N) is 2. The summed E-state index contributed by atoms with van der Waals surface area (Å²) < 4.78 is 26.3. The number of nitrogens with two attached hydrogens (primary N) is 2. The normalized spacial score (nSPS) is 11.1. The largest absolute Gasteiger partial charge is 0.397 e. The first-order valence-electron chi connectivity index (χ1n) is 9.62. The number of nitrogen functional groups attached to an aromatic ring is 2.